The zero-order chi connectivity index (χ0) is 17.6. The molecule has 2 aromatic rings. The first-order chi connectivity index (χ1) is 12.2. The SMILES string of the molecule is CCN(Cc1cccc2c1OCCO2)C(=O)/C=C(\C)c1ccccc1. The summed E-state index contributed by atoms with van der Waals surface area (Å²) >= 11 is 0. The van der Waals surface area contributed by atoms with Crippen LogP contribution in [0.15, 0.2) is 54.6 Å². The van der Waals surface area contributed by atoms with Crippen molar-refractivity contribution in [2.24, 2.45) is 0 Å². The molecule has 130 valence electrons. The number of ether oxygens (including phenoxy) is 2. The lowest BCUT2D eigenvalue weighted by atomic mass is 10.1. The highest BCUT2D eigenvalue weighted by molar-refractivity contribution is 5.94. The highest BCUT2D eigenvalue weighted by Crippen LogP contribution is 2.34. The first-order valence-electron chi connectivity index (χ1n) is 8.59. The number of benzene rings is 2. The summed E-state index contributed by atoms with van der Waals surface area (Å²) in [5.41, 5.74) is 2.98. The van der Waals surface area contributed by atoms with Gasteiger partial charge in [0, 0.05) is 24.7 Å². The molecule has 1 amide bonds. The highest BCUT2D eigenvalue weighted by Gasteiger charge is 2.19. The van der Waals surface area contributed by atoms with Crippen molar-refractivity contribution >= 4 is 11.5 Å². The molecule has 0 bridgehead atoms. The maximum Gasteiger partial charge on any atom is 0.247 e. The number of carbonyl (C=O) groups is 1. The van der Waals surface area contributed by atoms with Crippen LogP contribution in [0.2, 0.25) is 0 Å². The molecule has 0 saturated heterocycles. The summed E-state index contributed by atoms with van der Waals surface area (Å²) in [6, 6.07) is 15.8. The molecule has 3 rings (SSSR count). The van der Waals surface area contributed by atoms with Crippen LogP contribution in [-0.4, -0.2) is 30.6 Å². The predicted octanol–water partition coefficient (Wildman–Crippen LogP) is 3.91. The fraction of sp³-hybridized carbons (Fsp3) is 0.286. The molecule has 0 radical (unpaired) electrons. The minimum absolute atomic E-state index is 0.00168. The molecular weight excluding hydrogens is 314 g/mol. The van der Waals surface area contributed by atoms with Gasteiger partial charge in [0.2, 0.25) is 5.91 Å². The molecular formula is C21H23NO3. The quantitative estimate of drug-likeness (QED) is 0.777. The molecule has 1 aliphatic rings. The average Bonchev–Trinajstić information content (AvgIpc) is 2.66. The Balaban J connectivity index is 1.78. The van der Waals surface area contributed by atoms with Gasteiger partial charge in [-0.25, -0.2) is 0 Å². The molecule has 25 heavy (non-hydrogen) atoms. The first kappa shape index (κ1) is 17.1. The molecule has 4 heteroatoms. The predicted molar refractivity (Wildman–Crippen MR) is 98.6 cm³/mol. The van der Waals surface area contributed by atoms with Crippen LogP contribution in [0.1, 0.15) is 25.0 Å². The molecule has 1 heterocycles. The van der Waals surface area contributed by atoms with Crippen LogP contribution < -0.4 is 9.47 Å². The van der Waals surface area contributed by atoms with Gasteiger partial charge in [-0.1, -0.05) is 42.5 Å². The standard InChI is InChI=1S/C21H23NO3/c1-3-22(20(23)14-16(2)17-8-5-4-6-9-17)15-18-10-7-11-19-21(18)25-13-12-24-19/h4-11,14H,3,12-13,15H2,1-2H3/b16-14+. The van der Waals surface area contributed by atoms with Gasteiger partial charge in [0.05, 0.1) is 0 Å². The largest absolute Gasteiger partial charge is 0.486 e. The molecule has 0 aliphatic carbocycles. The molecule has 0 spiro atoms. The summed E-state index contributed by atoms with van der Waals surface area (Å²) in [5, 5.41) is 0. The molecule has 4 nitrogen and oxygen atoms in total. The van der Waals surface area contributed by atoms with Crippen molar-refractivity contribution in [3.63, 3.8) is 0 Å². The molecule has 2 aromatic carbocycles. The van der Waals surface area contributed by atoms with Crippen molar-refractivity contribution in [2.45, 2.75) is 20.4 Å². The molecule has 0 atom stereocenters. The summed E-state index contributed by atoms with van der Waals surface area (Å²) in [7, 11) is 0. The molecule has 0 saturated carbocycles. The molecule has 0 unspecified atom stereocenters. The van der Waals surface area contributed by atoms with Crippen LogP contribution in [0.25, 0.3) is 5.57 Å². The van der Waals surface area contributed by atoms with E-state index in [0.717, 1.165) is 28.2 Å². The van der Waals surface area contributed by atoms with Gasteiger partial charge < -0.3 is 14.4 Å². The molecule has 0 N–H and O–H groups in total. The van der Waals surface area contributed by atoms with Gasteiger partial charge in [0.25, 0.3) is 0 Å². The maximum absolute atomic E-state index is 12.7. The van der Waals surface area contributed by atoms with E-state index < -0.39 is 0 Å². The zero-order valence-corrected chi connectivity index (χ0v) is 14.7. The first-order valence-corrected chi connectivity index (χ1v) is 8.59. The summed E-state index contributed by atoms with van der Waals surface area (Å²) in [6.45, 7) is 6.17. The lowest BCUT2D eigenvalue weighted by molar-refractivity contribution is -0.126. The summed E-state index contributed by atoms with van der Waals surface area (Å²) in [6.07, 6.45) is 1.70. The number of amides is 1. The summed E-state index contributed by atoms with van der Waals surface area (Å²) in [5.74, 6) is 1.50. The third-order valence-electron chi connectivity index (χ3n) is 4.27. The normalized spacial score (nSPS) is 13.4. The second-order valence-corrected chi connectivity index (χ2v) is 5.99. The van der Waals surface area contributed by atoms with E-state index in [-0.39, 0.29) is 5.91 Å². The zero-order valence-electron chi connectivity index (χ0n) is 14.7. The fourth-order valence-corrected chi connectivity index (χ4v) is 2.87. The lowest BCUT2D eigenvalue weighted by Crippen LogP contribution is -2.29. The van der Waals surface area contributed by atoms with Crippen molar-refractivity contribution in [1.82, 2.24) is 4.90 Å². The van der Waals surface area contributed by atoms with Crippen LogP contribution in [0.3, 0.4) is 0 Å². The number of likely N-dealkylation sites (N-methyl/N-ethyl adjacent to an activating group) is 1. The van der Waals surface area contributed by atoms with E-state index in [4.69, 9.17) is 9.47 Å². The molecule has 0 fully saturated rings. The van der Waals surface area contributed by atoms with Gasteiger partial charge in [0.1, 0.15) is 13.2 Å². The number of fused-ring (bicyclic) bond motifs is 1. The summed E-state index contributed by atoms with van der Waals surface area (Å²) in [4.78, 5) is 14.5. The van der Waals surface area contributed by atoms with Gasteiger partial charge >= 0.3 is 0 Å². The van der Waals surface area contributed by atoms with Gasteiger partial charge in [-0.15, -0.1) is 0 Å². The lowest BCUT2D eigenvalue weighted by Gasteiger charge is -2.25. The van der Waals surface area contributed by atoms with Crippen LogP contribution in [0.5, 0.6) is 11.5 Å². The number of hydrogen-bond donors (Lipinski definition) is 0. The van der Waals surface area contributed by atoms with Gasteiger partial charge in [0.15, 0.2) is 11.5 Å². The minimum Gasteiger partial charge on any atom is -0.486 e. The third kappa shape index (κ3) is 4.02. The average molecular weight is 337 g/mol. The van der Waals surface area contributed by atoms with E-state index in [0.29, 0.717) is 26.3 Å². The van der Waals surface area contributed by atoms with E-state index in [1.165, 1.54) is 0 Å². The van der Waals surface area contributed by atoms with Gasteiger partial charge in [-0.05, 0) is 31.1 Å². The summed E-state index contributed by atoms with van der Waals surface area (Å²) < 4.78 is 11.4. The van der Waals surface area contributed by atoms with Crippen molar-refractivity contribution < 1.29 is 14.3 Å². The van der Waals surface area contributed by atoms with E-state index in [9.17, 15) is 4.79 Å². The van der Waals surface area contributed by atoms with Gasteiger partial charge in [-0.3, -0.25) is 4.79 Å². The van der Waals surface area contributed by atoms with Crippen LogP contribution in [-0.2, 0) is 11.3 Å². The second-order valence-electron chi connectivity index (χ2n) is 5.99. The number of nitrogens with zero attached hydrogens (tertiary/aromatic N) is 1. The van der Waals surface area contributed by atoms with Crippen LogP contribution in [0.4, 0.5) is 0 Å². The smallest absolute Gasteiger partial charge is 0.247 e. The number of para-hydroxylation sites is 1. The Morgan fingerprint density at radius 3 is 2.60 bits per heavy atom. The molecule has 1 aliphatic heterocycles. The fourth-order valence-electron chi connectivity index (χ4n) is 2.87. The topological polar surface area (TPSA) is 38.8 Å². The van der Waals surface area contributed by atoms with E-state index in [1.54, 1.807) is 11.0 Å². The Morgan fingerprint density at radius 1 is 1.08 bits per heavy atom. The number of allylic oxidation sites excluding steroid dienone is 1. The highest BCUT2D eigenvalue weighted by atomic mass is 16.6. The monoisotopic (exact) mass is 337 g/mol. The minimum atomic E-state index is -0.00168. The van der Waals surface area contributed by atoms with E-state index >= 15 is 0 Å². The number of carbonyl (C=O) groups excluding carboxylic acids is 1. The van der Waals surface area contributed by atoms with Crippen molar-refractivity contribution in [3.05, 3.63) is 65.7 Å². The van der Waals surface area contributed by atoms with Gasteiger partial charge in [-0.2, -0.15) is 0 Å². The van der Waals surface area contributed by atoms with Crippen LogP contribution >= 0.6 is 0 Å². The van der Waals surface area contributed by atoms with Crippen LogP contribution in [0, 0.1) is 0 Å². The van der Waals surface area contributed by atoms with E-state index in [2.05, 4.69) is 0 Å². The maximum atomic E-state index is 12.7. The number of hydrogen-bond acceptors (Lipinski definition) is 3. The Hall–Kier alpha value is -2.75. The van der Waals surface area contributed by atoms with Crippen molar-refractivity contribution in [3.8, 4) is 11.5 Å². The Morgan fingerprint density at radius 2 is 1.84 bits per heavy atom. The van der Waals surface area contributed by atoms with Crippen molar-refractivity contribution in [2.75, 3.05) is 19.8 Å². The molecule has 0 aromatic heterocycles. The number of rotatable bonds is 5. The van der Waals surface area contributed by atoms with Crippen molar-refractivity contribution in [1.29, 1.82) is 0 Å². The Bertz CT molecular complexity index is 768. The second kappa shape index (κ2) is 7.88. The van der Waals surface area contributed by atoms with E-state index in [1.807, 2.05) is 62.4 Å². The Labute approximate surface area is 148 Å². The Kier molecular flexibility index (Phi) is 5.39. The third-order valence-corrected chi connectivity index (χ3v) is 4.27.